The summed E-state index contributed by atoms with van der Waals surface area (Å²) < 4.78 is 17.7. The van der Waals surface area contributed by atoms with Gasteiger partial charge >= 0.3 is 6.09 Å². The van der Waals surface area contributed by atoms with Crippen LogP contribution < -0.4 is 24.4 Å². The fourth-order valence-electron chi connectivity index (χ4n) is 3.52. The summed E-state index contributed by atoms with van der Waals surface area (Å²) in [6.07, 6.45) is -1.67. The third-order valence-corrected chi connectivity index (χ3v) is 5.18. The maximum Gasteiger partial charge on any atom is 0.417 e. The van der Waals surface area contributed by atoms with Gasteiger partial charge in [0.15, 0.2) is 11.5 Å². The van der Waals surface area contributed by atoms with Gasteiger partial charge in [0.05, 0.1) is 24.7 Å². The maximum absolute atomic E-state index is 13.3. The van der Waals surface area contributed by atoms with Crippen LogP contribution in [0.15, 0.2) is 72.8 Å². The zero-order chi connectivity index (χ0) is 26.8. The molecule has 3 rings (SSSR count). The number of amides is 2. The van der Waals surface area contributed by atoms with E-state index in [0.717, 1.165) is 10.5 Å². The molecular formula is C28H31N3O6. The number of hydrogen-bond donors (Lipinski definition) is 3. The highest BCUT2D eigenvalue weighted by Crippen LogP contribution is 2.33. The molecule has 1 atom stereocenters. The second kappa shape index (κ2) is 13.0. The van der Waals surface area contributed by atoms with Crippen LogP contribution in [0.4, 0.5) is 10.5 Å². The molecule has 3 aromatic carbocycles. The summed E-state index contributed by atoms with van der Waals surface area (Å²) in [5.74, 6) is 1.05. The number of hydrogen-bond acceptors (Lipinski definition) is 6. The summed E-state index contributed by atoms with van der Waals surface area (Å²) in [5.41, 5.74) is 1.77. The largest absolute Gasteiger partial charge is 0.490 e. The lowest BCUT2D eigenvalue weighted by atomic mass is 10.1. The predicted octanol–water partition coefficient (Wildman–Crippen LogP) is 5.40. The Labute approximate surface area is 216 Å². The van der Waals surface area contributed by atoms with Gasteiger partial charge in [-0.3, -0.25) is 10.2 Å². The number of carbonyl (C=O) groups is 2. The standard InChI is InChI=1S/C28H31N3O6/c1-4-35-25-16-21(10-15-24(25)36-19(2)3)26(27(32)30-17-20-8-6-5-7-9-20)37-23-13-11-22(12-14-23)31(18-29)28(33)34/h5-16,18-19,26,29H,4,17H2,1-3H3,(H,30,32)(H,33,34). The molecule has 0 spiro atoms. The van der Waals surface area contributed by atoms with E-state index >= 15 is 0 Å². The van der Waals surface area contributed by atoms with E-state index in [0.29, 0.717) is 42.3 Å². The van der Waals surface area contributed by atoms with Crippen molar-refractivity contribution >= 4 is 24.0 Å². The topological polar surface area (TPSA) is 121 Å². The molecule has 9 heteroatoms. The SMILES string of the molecule is CCOc1cc(C(Oc2ccc(N(C=N)C(=O)O)cc2)C(=O)NCc2ccccc2)ccc1OC(C)C. The number of rotatable bonds is 12. The molecule has 0 radical (unpaired) electrons. The monoisotopic (exact) mass is 505 g/mol. The number of anilines is 1. The number of carbonyl (C=O) groups excluding carboxylic acids is 1. The van der Waals surface area contributed by atoms with E-state index in [-0.39, 0.29) is 17.7 Å². The lowest BCUT2D eigenvalue weighted by molar-refractivity contribution is -0.128. The Morgan fingerprint density at radius 2 is 1.70 bits per heavy atom. The van der Waals surface area contributed by atoms with Gasteiger partial charge in [0.1, 0.15) is 5.75 Å². The minimum Gasteiger partial charge on any atom is -0.490 e. The zero-order valence-corrected chi connectivity index (χ0v) is 21.0. The fourth-order valence-corrected chi connectivity index (χ4v) is 3.52. The van der Waals surface area contributed by atoms with E-state index in [1.807, 2.05) is 51.1 Å². The van der Waals surface area contributed by atoms with Gasteiger partial charge in [0, 0.05) is 12.1 Å². The van der Waals surface area contributed by atoms with Crippen molar-refractivity contribution < 1.29 is 28.9 Å². The van der Waals surface area contributed by atoms with E-state index in [1.54, 1.807) is 30.3 Å². The molecule has 0 saturated heterocycles. The summed E-state index contributed by atoms with van der Waals surface area (Å²) in [4.78, 5) is 25.4. The molecule has 194 valence electrons. The highest BCUT2D eigenvalue weighted by atomic mass is 16.5. The Bertz CT molecular complexity index is 1200. The number of benzene rings is 3. The van der Waals surface area contributed by atoms with Crippen LogP contribution in [0.3, 0.4) is 0 Å². The third-order valence-electron chi connectivity index (χ3n) is 5.18. The number of carboxylic acid groups (broad SMARTS) is 1. The highest BCUT2D eigenvalue weighted by molar-refractivity contribution is 6.03. The molecule has 3 aromatic rings. The average molecular weight is 506 g/mol. The Balaban J connectivity index is 1.91. The Kier molecular flexibility index (Phi) is 9.48. The summed E-state index contributed by atoms with van der Waals surface area (Å²) in [5, 5.41) is 19.5. The van der Waals surface area contributed by atoms with Crippen LogP contribution >= 0.6 is 0 Å². The molecule has 0 aliphatic rings. The van der Waals surface area contributed by atoms with Gasteiger partial charge in [-0.15, -0.1) is 0 Å². The quantitative estimate of drug-likeness (QED) is 0.224. The molecule has 0 saturated carbocycles. The van der Waals surface area contributed by atoms with Gasteiger partial charge in [-0.1, -0.05) is 36.4 Å². The molecule has 1 unspecified atom stereocenters. The van der Waals surface area contributed by atoms with E-state index in [1.165, 1.54) is 12.1 Å². The van der Waals surface area contributed by atoms with Crippen LogP contribution in [0, 0.1) is 5.41 Å². The van der Waals surface area contributed by atoms with Crippen LogP contribution in [0.25, 0.3) is 0 Å². The molecule has 3 N–H and O–H groups in total. The smallest absolute Gasteiger partial charge is 0.417 e. The molecule has 37 heavy (non-hydrogen) atoms. The molecule has 0 fully saturated rings. The van der Waals surface area contributed by atoms with Crippen molar-refractivity contribution in [3.05, 3.63) is 83.9 Å². The molecule has 0 bridgehead atoms. The molecule has 9 nitrogen and oxygen atoms in total. The number of nitrogens with one attached hydrogen (secondary N) is 2. The van der Waals surface area contributed by atoms with E-state index in [9.17, 15) is 14.7 Å². The van der Waals surface area contributed by atoms with Crippen LogP contribution in [0.2, 0.25) is 0 Å². The van der Waals surface area contributed by atoms with Crippen molar-refractivity contribution in [3.8, 4) is 17.2 Å². The summed E-state index contributed by atoms with van der Waals surface area (Å²) >= 11 is 0. The van der Waals surface area contributed by atoms with Crippen molar-refractivity contribution in [2.45, 2.75) is 39.5 Å². The van der Waals surface area contributed by atoms with Crippen molar-refractivity contribution in [1.29, 1.82) is 5.41 Å². The van der Waals surface area contributed by atoms with Crippen molar-refractivity contribution in [2.75, 3.05) is 11.5 Å². The van der Waals surface area contributed by atoms with Crippen LogP contribution in [-0.4, -0.2) is 36.2 Å². The molecule has 2 amide bonds. The van der Waals surface area contributed by atoms with Gasteiger partial charge in [-0.05, 0) is 62.7 Å². The first-order valence-electron chi connectivity index (χ1n) is 11.9. The second-order valence-corrected chi connectivity index (χ2v) is 8.28. The Hall–Kier alpha value is -4.53. The van der Waals surface area contributed by atoms with Crippen LogP contribution in [0.1, 0.15) is 38.0 Å². The molecule has 0 aliphatic carbocycles. The average Bonchev–Trinajstić information content (AvgIpc) is 2.88. The minimum atomic E-state index is -1.28. The van der Waals surface area contributed by atoms with Crippen molar-refractivity contribution in [3.63, 3.8) is 0 Å². The minimum absolute atomic E-state index is 0.0591. The molecule has 0 aliphatic heterocycles. The molecule has 0 heterocycles. The first-order valence-corrected chi connectivity index (χ1v) is 11.9. The van der Waals surface area contributed by atoms with Gasteiger partial charge in [-0.25, -0.2) is 9.69 Å². The molecule has 0 aromatic heterocycles. The zero-order valence-electron chi connectivity index (χ0n) is 21.0. The Morgan fingerprint density at radius 3 is 2.30 bits per heavy atom. The molecular weight excluding hydrogens is 474 g/mol. The van der Waals surface area contributed by atoms with Crippen molar-refractivity contribution in [2.24, 2.45) is 0 Å². The normalized spacial score (nSPS) is 11.4. The maximum atomic E-state index is 13.3. The summed E-state index contributed by atoms with van der Waals surface area (Å²) in [7, 11) is 0. The third kappa shape index (κ3) is 7.47. The lowest BCUT2D eigenvalue weighted by Gasteiger charge is -2.22. The first kappa shape index (κ1) is 27.1. The summed E-state index contributed by atoms with van der Waals surface area (Å²) in [6, 6.07) is 20.8. The van der Waals surface area contributed by atoms with Gasteiger partial charge in [-0.2, -0.15) is 0 Å². The van der Waals surface area contributed by atoms with E-state index in [2.05, 4.69) is 5.32 Å². The van der Waals surface area contributed by atoms with Gasteiger partial charge < -0.3 is 24.6 Å². The van der Waals surface area contributed by atoms with Gasteiger partial charge in [0.25, 0.3) is 5.91 Å². The highest BCUT2D eigenvalue weighted by Gasteiger charge is 2.25. The fraction of sp³-hybridized carbons (Fsp3) is 0.250. The second-order valence-electron chi connectivity index (χ2n) is 8.28. The first-order chi connectivity index (χ1) is 17.8. The number of ether oxygens (including phenoxy) is 3. The van der Waals surface area contributed by atoms with Gasteiger partial charge in [0.2, 0.25) is 6.10 Å². The van der Waals surface area contributed by atoms with Crippen LogP contribution in [-0.2, 0) is 11.3 Å². The lowest BCUT2D eigenvalue weighted by Crippen LogP contribution is -2.32. The van der Waals surface area contributed by atoms with E-state index in [4.69, 9.17) is 19.6 Å². The van der Waals surface area contributed by atoms with Crippen molar-refractivity contribution in [1.82, 2.24) is 5.32 Å². The number of nitrogens with zero attached hydrogens (tertiary/aromatic N) is 1. The summed E-state index contributed by atoms with van der Waals surface area (Å²) in [6.45, 7) is 6.43. The predicted molar refractivity (Wildman–Crippen MR) is 141 cm³/mol. The van der Waals surface area contributed by atoms with E-state index < -0.39 is 12.2 Å². The van der Waals surface area contributed by atoms with Crippen LogP contribution in [0.5, 0.6) is 17.2 Å². The Morgan fingerprint density at radius 1 is 1.00 bits per heavy atom.